The predicted molar refractivity (Wildman–Crippen MR) is 91.8 cm³/mol. The van der Waals surface area contributed by atoms with Crippen molar-refractivity contribution >= 4 is 0 Å². The topological polar surface area (TPSA) is 15.3 Å². The van der Waals surface area contributed by atoms with Crippen molar-refractivity contribution in [1.82, 2.24) is 10.2 Å². The van der Waals surface area contributed by atoms with Crippen molar-refractivity contribution in [3.05, 3.63) is 35.9 Å². The summed E-state index contributed by atoms with van der Waals surface area (Å²) in [6.07, 6.45) is 3.95. The fraction of sp³-hybridized carbons (Fsp3) is 0.684. The van der Waals surface area contributed by atoms with Crippen molar-refractivity contribution in [3.8, 4) is 0 Å². The zero-order valence-electron chi connectivity index (χ0n) is 14.0. The van der Waals surface area contributed by atoms with Crippen LogP contribution in [0.25, 0.3) is 0 Å². The van der Waals surface area contributed by atoms with Crippen molar-refractivity contribution in [2.24, 2.45) is 5.92 Å². The van der Waals surface area contributed by atoms with E-state index in [1.54, 1.807) is 0 Å². The third-order valence-corrected chi connectivity index (χ3v) is 4.51. The third kappa shape index (κ3) is 5.80. The molecule has 1 aromatic carbocycles. The van der Waals surface area contributed by atoms with Crippen molar-refractivity contribution in [1.29, 1.82) is 0 Å². The lowest BCUT2D eigenvalue weighted by atomic mass is 9.97. The van der Waals surface area contributed by atoms with Gasteiger partial charge in [0.05, 0.1) is 0 Å². The van der Waals surface area contributed by atoms with Gasteiger partial charge in [0.2, 0.25) is 0 Å². The Morgan fingerprint density at radius 2 is 1.95 bits per heavy atom. The van der Waals surface area contributed by atoms with Gasteiger partial charge in [0.25, 0.3) is 0 Å². The summed E-state index contributed by atoms with van der Waals surface area (Å²) in [6, 6.07) is 11.6. The summed E-state index contributed by atoms with van der Waals surface area (Å²) in [6.45, 7) is 11.9. The first kappa shape index (κ1) is 16.5. The summed E-state index contributed by atoms with van der Waals surface area (Å²) in [5.41, 5.74) is 1.47. The largest absolute Gasteiger partial charge is 0.313 e. The fourth-order valence-electron chi connectivity index (χ4n) is 3.32. The van der Waals surface area contributed by atoms with Gasteiger partial charge in [-0.2, -0.15) is 0 Å². The lowest BCUT2D eigenvalue weighted by Gasteiger charge is -2.28. The molecule has 0 aliphatic carbocycles. The Kier molecular flexibility index (Phi) is 6.72. The number of hydrogen-bond donors (Lipinski definition) is 1. The molecule has 1 aromatic rings. The third-order valence-electron chi connectivity index (χ3n) is 4.51. The van der Waals surface area contributed by atoms with E-state index >= 15 is 0 Å². The zero-order chi connectivity index (χ0) is 15.1. The molecule has 0 radical (unpaired) electrons. The molecule has 1 aliphatic heterocycles. The van der Waals surface area contributed by atoms with Gasteiger partial charge in [0.15, 0.2) is 0 Å². The molecular formula is C19H32N2. The molecule has 1 saturated heterocycles. The maximum atomic E-state index is 3.64. The van der Waals surface area contributed by atoms with Gasteiger partial charge in [-0.15, -0.1) is 0 Å². The van der Waals surface area contributed by atoms with E-state index < -0.39 is 0 Å². The summed E-state index contributed by atoms with van der Waals surface area (Å²) in [5, 5.41) is 3.64. The smallest absolute Gasteiger partial charge is 0.0195 e. The highest BCUT2D eigenvalue weighted by molar-refractivity contribution is 5.18. The minimum Gasteiger partial charge on any atom is -0.313 e. The first-order chi connectivity index (χ1) is 10.1. The molecule has 0 spiro atoms. The highest BCUT2D eigenvalue weighted by Crippen LogP contribution is 2.19. The minimum atomic E-state index is 0.650. The molecule has 0 amide bonds. The average molecular weight is 288 g/mol. The molecule has 2 rings (SSSR count). The SMILES string of the molecule is CC(C)CN(CCC(C)c1ccccc1)CC1CCCN1. The van der Waals surface area contributed by atoms with Gasteiger partial charge in [0.1, 0.15) is 0 Å². The highest BCUT2D eigenvalue weighted by Gasteiger charge is 2.19. The molecular weight excluding hydrogens is 256 g/mol. The van der Waals surface area contributed by atoms with E-state index in [0.717, 1.165) is 12.0 Å². The Hall–Kier alpha value is -0.860. The van der Waals surface area contributed by atoms with E-state index in [1.165, 1.54) is 51.0 Å². The van der Waals surface area contributed by atoms with Crippen LogP contribution < -0.4 is 5.32 Å². The van der Waals surface area contributed by atoms with Crippen LogP contribution in [0.3, 0.4) is 0 Å². The molecule has 1 heterocycles. The van der Waals surface area contributed by atoms with Gasteiger partial charge in [-0.25, -0.2) is 0 Å². The molecule has 1 fully saturated rings. The first-order valence-corrected chi connectivity index (χ1v) is 8.66. The van der Waals surface area contributed by atoms with Crippen LogP contribution in [0.1, 0.15) is 51.5 Å². The second kappa shape index (κ2) is 8.55. The van der Waals surface area contributed by atoms with Crippen LogP contribution in [0.15, 0.2) is 30.3 Å². The Bertz CT molecular complexity index is 382. The quantitative estimate of drug-likeness (QED) is 0.780. The summed E-state index contributed by atoms with van der Waals surface area (Å²) in [4.78, 5) is 2.67. The Labute approximate surface area is 130 Å². The van der Waals surface area contributed by atoms with Crippen LogP contribution in [0, 0.1) is 5.92 Å². The summed E-state index contributed by atoms with van der Waals surface area (Å²) < 4.78 is 0. The van der Waals surface area contributed by atoms with E-state index in [1.807, 2.05) is 0 Å². The highest BCUT2D eigenvalue weighted by atomic mass is 15.2. The first-order valence-electron chi connectivity index (χ1n) is 8.66. The molecule has 2 heteroatoms. The normalized spacial score (nSPS) is 20.3. The molecule has 2 nitrogen and oxygen atoms in total. The monoisotopic (exact) mass is 288 g/mol. The Balaban J connectivity index is 1.82. The molecule has 2 unspecified atom stereocenters. The van der Waals surface area contributed by atoms with Gasteiger partial charge in [-0.05, 0) is 49.8 Å². The van der Waals surface area contributed by atoms with Gasteiger partial charge in [-0.3, -0.25) is 0 Å². The lowest BCUT2D eigenvalue weighted by Crippen LogP contribution is -2.40. The zero-order valence-corrected chi connectivity index (χ0v) is 14.0. The van der Waals surface area contributed by atoms with Gasteiger partial charge in [0, 0.05) is 19.1 Å². The molecule has 118 valence electrons. The van der Waals surface area contributed by atoms with E-state index in [0.29, 0.717) is 5.92 Å². The Morgan fingerprint density at radius 1 is 1.19 bits per heavy atom. The lowest BCUT2D eigenvalue weighted by molar-refractivity contribution is 0.217. The van der Waals surface area contributed by atoms with Crippen molar-refractivity contribution in [3.63, 3.8) is 0 Å². The number of nitrogens with zero attached hydrogens (tertiary/aromatic N) is 1. The number of rotatable bonds is 8. The molecule has 1 N–H and O–H groups in total. The van der Waals surface area contributed by atoms with Crippen molar-refractivity contribution in [2.45, 2.75) is 52.0 Å². The average Bonchev–Trinajstić information content (AvgIpc) is 2.97. The molecule has 2 atom stereocenters. The summed E-state index contributed by atoms with van der Waals surface area (Å²) in [7, 11) is 0. The van der Waals surface area contributed by atoms with Gasteiger partial charge >= 0.3 is 0 Å². The van der Waals surface area contributed by atoms with Crippen LogP contribution in [0.5, 0.6) is 0 Å². The van der Waals surface area contributed by atoms with Gasteiger partial charge in [-0.1, -0.05) is 51.1 Å². The van der Waals surface area contributed by atoms with Crippen molar-refractivity contribution < 1.29 is 0 Å². The van der Waals surface area contributed by atoms with Crippen LogP contribution in [0.4, 0.5) is 0 Å². The van der Waals surface area contributed by atoms with E-state index in [2.05, 4.69) is 61.3 Å². The fourth-order valence-corrected chi connectivity index (χ4v) is 3.32. The van der Waals surface area contributed by atoms with Crippen LogP contribution in [-0.4, -0.2) is 37.1 Å². The molecule has 0 saturated carbocycles. The Morgan fingerprint density at radius 3 is 2.57 bits per heavy atom. The van der Waals surface area contributed by atoms with Gasteiger partial charge < -0.3 is 10.2 Å². The molecule has 0 aromatic heterocycles. The molecule has 1 aliphatic rings. The van der Waals surface area contributed by atoms with Crippen LogP contribution >= 0.6 is 0 Å². The molecule has 0 bridgehead atoms. The predicted octanol–water partition coefficient (Wildman–Crippen LogP) is 3.89. The summed E-state index contributed by atoms with van der Waals surface area (Å²) in [5.74, 6) is 1.40. The van der Waals surface area contributed by atoms with Crippen molar-refractivity contribution in [2.75, 3.05) is 26.2 Å². The van der Waals surface area contributed by atoms with E-state index in [-0.39, 0.29) is 0 Å². The molecule has 21 heavy (non-hydrogen) atoms. The summed E-state index contributed by atoms with van der Waals surface area (Å²) >= 11 is 0. The maximum absolute atomic E-state index is 3.64. The van der Waals surface area contributed by atoms with Crippen LogP contribution in [0.2, 0.25) is 0 Å². The number of benzene rings is 1. The van der Waals surface area contributed by atoms with E-state index in [9.17, 15) is 0 Å². The number of nitrogens with one attached hydrogen (secondary N) is 1. The number of hydrogen-bond acceptors (Lipinski definition) is 2. The second-order valence-electron chi connectivity index (χ2n) is 7.05. The van der Waals surface area contributed by atoms with Crippen LogP contribution in [-0.2, 0) is 0 Å². The minimum absolute atomic E-state index is 0.650. The second-order valence-corrected chi connectivity index (χ2v) is 7.05. The standard InChI is InChI=1S/C19H32N2/c1-16(2)14-21(15-19-10-7-12-20-19)13-11-17(3)18-8-5-4-6-9-18/h4-6,8-9,16-17,19-20H,7,10-15H2,1-3H3. The van der Waals surface area contributed by atoms with E-state index in [4.69, 9.17) is 0 Å². The maximum Gasteiger partial charge on any atom is 0.0195 e.